The molecule has 2 amide bonds. The fraction of sp³-hybridized carbons (Fsp3) is 0.300. The predicted molar refractivity (Wildman–Crippen MR) is 97.6 cm³/mol. The number of benzene rings is 2. The molecule has 0 heterocycles. The maximum atomic E-state index is 12.2. The Hall–Kier alpha value is -2.82. The maximum Gasteiger partial charge on any atom is 0.261 e. The van der Waals surface area contributed by atoms with Gasteiger partial charge in [-0.05, 0) is 43.7 Å². The Bertz CT molecular complexity index is 739. The normalized spacial score (nSPS) is 11.5. The Labute approximate surface area is 148 Å². The Morgan fingerprint density at radius 1 is 1.12 bits per heavy atom. The number of nitrogens with one attached hydrogen (secondary N) is 1. The highest BCUT2D eigenvalue weighted by atomic mass is 16.5. The third kappa shape index (κ3) is 5.35. The monoisotopic (exact) mass is 340 g/mol. The lowest BCUT2D eigenvalue weighted by molar-refractivity contribution is -0.127. The molecule has 1 unspecified atom stereocenters. The van der Waals surface area contributed by atoms with Crippen LogP contribution in [0.1, 0.15) is 28.4 Å². The average molecular weight is 340 g/mol. The van der Waals surface area contributed by atoms with Gasteiger partial charge in [0, 0.05) is 26.2 Å². The van der Waals surface area contributed by atoms with Crippen molar-refractivity contribution < 1.29 is 14.3 Å². The first-order valence-corrected chi connectivity index (χ1v) is 8.18. The molecule has 0 aromatic heterocycles. The molecule has 0 spiro atoms. The fourth-order valence-electron chi connectivity index (χ4n) is 2.28. The van der Waals surface area contributed by atoms with Crippen LogP contribution < -0.4 is 10.1 Å². The van der Waals surface area contributed by atoms with Gasteiger partial charge in [0.05, 0.1) is 0 Å². The van der Waals surface area contributed by atoms with Gasteiger partial charge in [0.15, 0.2) is 6.10 Å². The Kier molecular flexibility index (Phi) is 6.17. The van der Waals surface area contributed by atoms with Crippen LogP contribution in [0, 0.1) is 6.92 Å². The van der Waals surface area contributed by atoms with E-state index in [4.69, 9.17) is 4.74 Å². The molecule has 1 atom stereocenters. The summed E-state index contributed by atoms with van der Waals surface area (Å²) in [7, 11) is 3.42. The lowest BCUT2D eigenvalue weighted by atomic mass is 10.1. The van der Waals surface area contributed by atoms with Crippen LogP contribution in [0.15, 0.2) is 48.5 Å². The first kappa shape index (κ1) is 18.5. The van der Waals surface area contributed by atoms with Gasteiger partial charge in [-0.25, -0.2) is 0 Å². The van der Waals surface area contributed by atoms with Gasteiger partial charge in [-0.15, -0.1) is 0 Å². The number of carbonyl (C=O) groups excluding carboxylic acids is 2. The summed E-state index contributed by atoms with van der Waals surface area (Å²) < 4.78 is 5.64. The fourth-order valence-corrected chi connectivity index (χ4v) is 2.28. The van der Waals surface area contributed by atoms with Crippen LogP contribution in [-0.4, -0.2) is 36.9 Å². The van der Waals surface area contributed by atoms with E-state index in [0.29, 0.717) is 17.9 Å². The predicted octanol–water partition coefficient (Wildman–Crippen LogP) is 2.78. The Morgan fingerprint density at radius 3 is 2.44 bits per heavy atom. The van der Waals surface area contributed by atoms with Gasteiger partial charge in [-0.2, -0.15) is 0 Å². The summed E-state index contributed by atoms with van der Waals surface area (Å²) in [5, 5.41) is 2.84. The van der Waals surface area contributed by atoms with Gasteiger partial charge in [0.25, 0.3) is 11.8 Å². The summed E-state index contributed by atoms with van der Waals surface area (Å²) in [4.78, 5) is 25.7. The zero-order valence-electron chi connectivity index (χ0n) is 15.1. The van der Waals surface area contributed by atoms with Gasteiger partial charge < -0.3 is 15.0 Å². The standard InChI is InChI=1S/C20H24N2O3/c1-14-8-10-18(11-9-14)25-15(2)19(23)21-13-16-6-5-7-17(12-16)20(24)22(3)4/h5-12,15H,13H2,1-4H3,(H,21,23). The molecule has 5 heteroatoms. The number of hydrogen-bond acceptors (Lipinski definition) is 3. The van der Waals surface area contributed by atoms with E-state index in [9.17, 15) is 9.59 Å². The van der Waals surface area contributed by atoms with Crippen LogP contribution in [0.3, 0.4) is 0 Å². The molecule has 0 aliphatic carbocycles. The molecule has 0 saturated heterocycles. The van der Waals surface area contributed by atoms with E-state index < -0.39 is 6.10 Å². The van der Waals surface area contributed by atoms with Crippen LogP contribution >= 0.6 is 0 Å². The highest BCUT2D eigenvalue weighted by Gasteiger charge is 2.15. The van der Waals surface area contributed by atoms with Crippen molar-refractivity contribution in [2.45, 2.75) is 26.5 Å². The Balaban J connectivity index is 1.92. The molecule has 0 radical (unpaired) electrons. The minimum atomic E-state index is -0.603. The smallest absolute Gasteiger partial charge is 0.261 e. The highest BCUT2D eigenvalue weighted by Crippen LogP contribution is 2.13. The van der Waals surface area contributed by atoms with Crippen molar-refractivity contribution in [3.8, 4) is 5.75 Å². The number of ether oxygens (including phenoxy) is 1. The summed E-state index contributed by atoms with van der Waals surface area (Å²) in [5.74, 6) is 0.390. The van der Waals surface area contributed by atoms with E-state index in [0.717, 1.165) is 11.1 Å². The zero-order valence-corrected chi connectivity index (χ0v) is 15.1. The van der Waals surface area contributed by atoms with Crippen molar-refractivity contribution in [2.75, 3.05) is 14.1 Å². The number of rotatable bonds is 6. The van der Waals surface area contributed by atoms with Crippen molar-refractivity contribution in [3.63, 3.8) is 0 Å². The summed E-state index contributed by atoms with van der Waals surface area (Å²) >= 11 is 0. The van der Waals surface area contributed by atoms with E-state index in [1.807, 2.05) is 43.3 Å². The van der Waals surface area contributed by atoms with Crippen molar-refractivity contribution in [2.24, 2.45) is 0 Å². The van der Waals surface area contributed by atoms with Crippen molar-refractivity contribution in [3.05, 3.63) is 65.2 Å². The van der Waals surface area contributed by atoms with Gasteiger partial charge in [-0.3, -0.25) is 9.59 Å². The molecule has 25 heavy (non-hydrogen) atoms. The van der Waals surface area contributed by atoms with Gasteiger partial charge in [-0.1, -0.05) is 29.8 Å². The second kappa shape index (κ2) is 8.33. The molecular weight excluding hydrogens is 316 g/mol. The minimum absolute atomic E-state index is 0.0655. The molecule has 0 bridgehead atoms. The van der Waals surface area contributed by atoms with E-state index in [1.165, 1.54) is 4.90 Å². The second-order valence-electron chi connectivity index (χ2n) is 6.19. The third-order valence-electron chi connectivity index (χ3n) is 3.75. The van der Waals surface area contributed by atoms with Crippen molar-refractivity contribution in [1.82, 2.24) is 10.2 Å². The second-order valence-corrected chi connectivity index (χ2v) is 6.19. The number of hydrogen-bond donors (Lipinski definition) is 1. The lowest BCUT2D eigenvalue weighted by Gasteiger charge is -2.15. The van der Waals surface area contributed by atoms with Gasteiger partial charge in [0.1, 0.15) is 5.75 Å². The molecule has 0 aliphatic rings. The molecule has 2 aromatic rings. The summed E-state index contributed by atoms with van der Waals surface area (Å²) in [6, 6.07) is 14.8. The lowest BCUT2D eigenvalue weighted by Crippen LogP contribution is -2.36. The van der Waals surface area contributed by atoms with Crippen LogP contribution in [0.4, 0.5) is 0 Å². The molecular formula is C20H24N2O3. The molecule has 0 saturated carbocycles. The van der Waals surface area contributed by atoms with Gasteiger partial charge >= 0.3 is 0 Å². The number of carbonyl (C=O) groups is 2. The van der Waals surface area contributed by atoms with E-state index in [1.54, 1.807) is 33.2 Å². The topological polar surface area (TPSA) is 58.6 Å². The highest BCUT2D eigenvalue weighted by molar-refractivity contribution is 5.94. The third-order valence-corrected chi connectivity index (χ3v) is 3.75. The maximum absolute atomic E-state index is 12.2. The molecule has 2 aromatic carbocycles. The summed E-state index contributed by atoms with van der Waals surface area (Å²) in [5.41, 5.74) is 2.60. The SMILES string of the molecule is Cc1ccc(OC(C)C(=O)NCc2cccc(C(=O)N(C)C)c2)cc1. The quantitative estimate of drug-likeness (QED) is 0.880. The molecule has 0 aliphatic heterocycles. The number of nitrogens with zero attached hydrogens (tertiary/aromatic N) is 1. The number of amides is 2. The van der Waals surface area contributed by atoms with Crippen LogP contribution in [0.5, 0.6) is 5.75 Å². The first-order valence-electron chi connectivity index (χ1n) is 8.18. The summed E-state index contributed by atoms with van der Waals surface area (Å²) in [6.07, 6.45) is -0.603. The minimum Gasteiger partial charge on any atom is -0.481 e. The molecule has 5 nitrogen and oxygen atoms in total. The molecule has 2 rings (SSSR count). The summed E-state index contributed by atoms with van der Waals surface area (Å²) in [6.45, 7) is 4.05. The van der Waals surface area contributed by atoms with Gasteiger partial charge in [0.2, 0.25) is 0 Å². The van der Waals surface area contributed by atoms with E-state index in [2.05, 4.69) is 5.32 Å². The largest absolute Gasteiger partial charge is 0.481 e. The van der Waals surface area contributed by atoms with Crippen LogP contribution in [-0.2, 0) is 11.3 Å². The average Bonchev–Trinajstić information content (AvgIpc) is 2.61. The first-order chi connectivity index (χ1) is 11.9. The van der Waals surface area contributed by atoms with Crippen molar-refractivity contribution >= 4 is 11.8 Å². The van der Waals surface area contributed by atoms with Crippen molar-refractivity contribution in [1.29, 1.82) is 0 Å². The zero-order chi connectivity index (χ0) is 18.4. The molecule has 132 valence electrons. The Morgan fingerprint density at radius 2 is 1.80 bits per heavy atom. The molecule has 1 N–H and O–H groups in total. The van der Waals surface area contributed by atoms with E-state index >= 15 is 0 Å². The van der Waals surface area contributed by atoms with Crippen LogP contribution in [0.2, 0.25) is 0 Å². The molecule has 0 fully saturated rings. The van der Waals surface area contributed by atoms with E-state index in [-0.39, 0.29) is 11.8 Å². The number of aryl methyl sites for hydroxylation is 1. The van der Waals surface area contributed by atoms with Crippen LogP contribution in [0.25, 0.3) is 0 Å².